The molecule has 2 heteroatoms. The first-order chi connectivity index (χ1) is 18.0. The molecule has 0 spiro atoms. The van der Waals surface area contributed by atoms with Crippen LogP contribution in [0.1, 0.15) is 28.1 Å². The molecule has 0 radical (unpaired) electrons. The molecule has 0 saturated carbocycles. The number of nitrogens with zero attached hydrogens (tertiary/aromatic N) is 2. The van der Waals surface area contributed by atoms with Gasteiger partial charge in [-0.1, -0.05) is 103 Å². The Morgan fingerprint density at radius 2 is 1.05 bits per heavy atom. The quantitative estimate of drug-likeness (QED) is 0.187. The number of hydrogen-bond donors (Lipinski definition) is 0. The number of rotatable bonds is 4. The lowest BCUT2D eigenvalue weighted by Crippen LogP contribution is -1.94. The Morgan fingerprint density at radius 1 is 0.486 bits per heavy atom. The number of aromatic nitrogens is 2. The van der Waals surface area contributed by atoms with Gasteiger partial charge in [0.2, 0.25) is 0 Å². The topological polar surface area (TPSA) is 25.8 Å². The van der Waals surface area contributed by atoms with E-state index >= 15 is 0 Å². The van der Waals surface area contributed by atoms with Crippen molar-refractivity contribution in [1.82, 2.24) is 9.97 Å². The van der Waals surface area contributed by atoms with Gasteiger partial charge in [-0.15, -0.1) is 0 Å². The molecule has 0 saturated heterocycles. The lowest BCUT2D eigenvalue weighted by Gasteiger charge is -2.14. The summed E-state index contributed by atoms with van der Waals surface area (Å²) in [6, 6.07) is 36.6. The highest BCUT2D eigenvalue weighted by Gasteiger charge is 2.14. The molecule has 4 aromatic carbocycles. The summed E-state index contributed by atoms with van der Waals surface area (Å²) in [4.78, 5) is 9.97. The minimum absolute atomic E-state index is 0.953. The fraction of sp³-hybridized carbons (Fsp3) is 0.0857. The van der Waals surface area contributed by atoms with E-state index in [0.29, 0.717) is 0 Å². The number of pyridine rings is 2. The van der Waals surface area contributed by atoms with E-state index in [0.717, 1.165) is 33.2 Å². The minimum atomic E-state index is 0.953. The summed E-state index contributed by atoms with van der Waals surface area (Å²) in [5.41, 5.74) is 12.3. The van der Waals surface area contributed by atoms with Crippen LogP contribution in [0, 0.1) is 20.8 Å². The van der Waals surface area contributed by atoms with Gasteiger partial charge in [0.15, 0.2) is 0 Å². The molecular weight excluding hydrogens is 448 g/mol. The lowest BCUT2D eigenvalue weighted by atomic mass is 9.94. The fourth-order valence-electron chi connectivity index (χ4n) is 5.01. The van der Waals surface area contributed by atoms with E-state index in [4.69, 9.17) is 9.97 Å². The summed E-state index contributed by atoms with van der Waals surface area (Å²) in [6.45, 7) is 6.24. The van der Waals surface area contributed by atoms with Gasteiger partial charge in [-0.3, -0.25) is 9.97 Å². The molecule has 0 N–H and O–H groups in total. The van der Waals surface area contributed by atoms with Gasteiger partial charge in [0.05, 0.1) is 11.0 Å². The second-order valence-electron chi connectivity index (χ2n) is 9.72. The fourth-order valence-corrected chi connectivity index (χ4v) is 5.01. The normalized spacial score (nSPS) is 11.5. The summed E-state index contributed by atoms with van der Waals surface area (Å²) in [7, 11) is 0. The molecular formula is C35H28N2. The third-order valence-corrected chi connectivity index (χ3v) is 6.84. The van der Waals surface area contributed by atoms with Crippen LogP contribution >= 0.6 is 0 Å². The molecule has 178 valence electrons. The van der Waals surface area contributed by atoms with Gasteiger partial charge in [0, 0.05) is 22.2 Å². The van der Waals surface area contributed by atoms with Crippen LogP contribution in [0.25, 0.3) is 56.2 Å². The van der Waals surface area contributed by atoms with Crippen LogP contribution in [0.2, 0.25) is 0 Å². The lowest BCUT2D eigenvalue weighted by molar-refractivity contribution is 1.23. The molecule has 0 aliphatic heterocycles. The molecule has 0 unspecified atom stereocenters. The zero-order valence-corrected chi connectivity index (χ0v) is 21.4. The molecule has 0 amide bonds. The van der Waals surface area contributed by atoms with Crippen molar-refractivity contribution in [3.63, 3.8) is 0 Å². The average Bonchev–Trinajstić information content (AvgIpc) is 2.92. The van der Waals surface area contributed by atoms with E-state index in [-0.39, 0.29) is 0 Å². The second-order valence-corrected chi connectivity index (χ2v) is 9.72. The third kappa shape index (κ3) is 4.54. The summed E-state index contributed by atoms with van der Waals surface area (Å²) in [6.07, 6.45) is 4.34. The van der Waals surface area contributed by atoms with E-state index < -0.39 is 0 Å². The minimum Gasteiger partial charge on any atom is -0.251 e. The van der Waals surface area contributed by atoms with Crippen molar-refractivity contribution in [3.05, 3.63) is 131 Å². The maximum Gasteiger partial charge on any atom is 0.0974 e. The first kappa shape index (κ1) is 22.9. The van der Waals surface area contributed by atoms with Crippen LogP contribution in [-0.4, -0.2) is 9.97 Å². The number of aryl methyl sites for hydroxylation is 3. The monoisotopic (exact) mass is 476 g/mol. The van der Waals surface area contributed by atoms with Gasteiger partial charge in [-0.25, -0.2) is 0 Å². The maximum absolute atomic E-state index is 4.99. The van der Waals surface area contributed by atoms with Crippen LogP contribution in [0.4, 0.5) is 0 Å². The summed E-state index contributed by atoms with van der Waals surface area (Å²) in [5.74, 6) is 0. The third-order valence-electron chi connectivity index (χ3n) is 6.84. The SMILES string of the molecule is Cc1ccc(C=Cc2cccc(-c3cc(C)nc4c3ccc3c(-c5ccccc5)cc(C)nc34)c2)cc1. The smallest absolute Gasteiger partial charge is 0.0974 e. The van der Waals surface area contributed by atoms with Crippen LogP contribution in [0.15, 0.2) is 103 Å². The predicted molar refractivity (Wildman–Crippen MR) is 157 cm³/mol. The first-order valence-electron chi connectivity index (χ1n) is 12.7. The zero-order chi connectivity index (χ0) is 25.4. The Morgan fingerprint density at radius 3 is 1.70 bits per heavy atom. The highest BCUT2D eigenvalue weighted by Crippen LogP contribution is 2.36. The van der Waals surface area contributed by atoms with Crippen LogP contribution in [-0.2, 0) is 0 Å². The zero-order valence-electron chi connectivity index (χ0n) is 21.4. The van der Waals surface area contributed by atoms with E-state index in [1.54, 1.807) is 0 Å². The van der Waals surface area contributed by atoms with Gasteiger partial charge >= 0.3 is 0 Å². The number of benzene rings is 4. The van der Waals surface area contributed by atoms with Gasteiger partial charge in [0.1, 0.15) is 0 Å². The first-order valence-corrected chi connectivity index (χ1v) is 12.7. The Kier molecular flexibility index (Phi) is 5.86. The molecule has 0 aliphatic rings. The summed E-state index contributed by atoms with van der Waals surface area (Å²) < 4.78 is 0. The van der Waals surface area contributed by atoms with Gasteiger partial charge in [0.25, 0.3) is 0 Å². The summed E-state index contributed by atoms with van der Waals surface area (Å²) in [5, 5.41) is 2.25. The molecule has 0 aliphatic carbocycles. The number of fused-ring (bicyclic) bond motifs is 3. The van der Waals surface area contributed by atoms with Crippen LogP contribution in [0.3, 0.4) is 0 Å². The second kappa shape index (κ2) is 9.48. The van der Waals surface area contributed by atoms with Crippen molar-refractivity contribution in [2.75, 3.05) is 0 Å². The molecule has 2 heterocycles. The van der Waals surface area contributed by atoms with Crippen molar-refractivity contribution in [1.29, 1.82) is 0 Å². The molecule has 6 rings (SSSR count). The van der Waals surface area contributed by atoms with E-state index in [9.17, 15) is 0 Å². The van der Waals surface area contributed by atoms with E-state index in [2.05, 4.69) is 136 Å². The summed E-state index contributed by atoms with van der Waals surface area (Å²) >= 11 is 0. The van der Waals surface area contributed by atoms with Crippen LogP contribution in [0.5, 0.6) is 0 Å². The van der Waals surface area contributed by atoms with Crippen molar-refractivity contribution in [2.24, 2.45) is 0 Å². The van der Waals surface area contributed by atoms with Gasteiger partial charge in [-0.2, -0.15) is 0 Å². The Hall–Kier alpha value is -4.56. The predicted octanol–water partition coefficient (Wildman–Crippen LogP) is 9.21. The molecule has 0 atom stereocenters. The van der Waals surface area contributed by atoms with Crippen LogP contribution < -0.4 is 0 Å². The Balaban J connectivity index is 1.50. The molecule has 2 nitrogen and oxygen atoms in total. The molecule has 6 aromatic rings. The molecule has 37 heavy (non-hydrogen) atoms. The number of hydrogen-bond acceptors (Lipinski definition) is 2. The average molecular weight is 477 g/mol. The van der Waals surface area contributed by atoms with E-state index in [1.807, 2.05) is 0 Å². The largest absolute Gasteiger partial charge is 0.251 e. The Labute approximate surface area is 218 Å². The van der Waals surface area contributed by atoms with Gasteiger partial charge < -0.3 is 0 Å². The van der Waals surface area contributed by atoms with Crippen molar-refractivity contribution < 1.29 is 0 Å². The van der Waals surface area contributed by atoms with Crippen molar-refractivity contribution in [2.45, 2.75) is 20.8 Å². The van der Waals surface area contributed by atoms with Crippen molar-refractivity contribution in [3.8, 4) is 22.3 Å². The van der Waals surface area contributed by atoms with Crippen molar-refractivity contribution >= 4 is 34.0 Å². The molecule has 2 aromatic heterocycles. The highest BCUT2D eigenvalue weighted by molar-refractivity contribution is 6.12. The Bertz CT molecular complexity index is 1780. The molecule has 0 bridgehead atoms. The highest BCUT2D eigenvalue weighted by atomic mass is 14.8. The van der Waals surface area contributed by atoms with Gasteiger partial charge in [-0.05, 0) is 72.4 Å². The van der Waals surface area contributed by atoms with E-state index in [1.165, 1.54) is 38.9 Å². The molecule has 0 fully saturated rings. The maximum atomic E-state index is 4.99. The standard InChI is InChI=1S/C35H28N2/c1-23-12-14-26(15-13-23)16-17-27-8-7-11-29(22-27)33-21-25(3)37-35-31(33)19-18-30-32(20-24(2)36-34(30)35)28-9-5-4-6-10-28/h4-22H,1-3H3.